The van der Waals surface area contributed by atoms with Gasteiger partial charge >= 0.3 is 0 Å². The van der Waals surface area contributed by atoms with Gasteiger partial charge in [0.05, 0.1) is 17.3 Å². The average Bonchev–Trinajstić information content (AvgIpc) is 3.11. The zero-order valence-corrected chi connectivity index (χ0v) is 15.2. The lowest BCUT2D eigenvalue weighted by Crippen LogP contribution is -2.43. The van der Waals surface area contributed by atoms with Gasteiger partial charge in [-0.05, 0) is 27.1 Å². The number of carbonyl (C=O) groups is 1. The molecule has 1 aliphatic heterocycles. The summed E-state index contributed by atoms with van der Waals surface area (Å²) in [4.78, 5) is 25.4. The molecule has 134 valence electrons. The summed E-state index contributed by atoms with van der Waals surface area (Å²) in [6.07, 6.45) is 5.07. The van der Waals surface area contributed by atoms with Crippen LogP contribution in [0.4, 0.5) is 5.82 Å². The van der Waals surface area contributed by atoms with Crippen LogP contribution in [0.1, 0.15) is 16.1 Å². The van der Waals surface area contributed by atoms with Gasteiger partial charge in [0, 0.05) is 45.0 Å². The number of hydrogen-bond donors (Lipinski definition) is 1. The highest BCUT2D eigenvalue weighted by molar-refractivity contribution is 5.95. The molecule has 0 aromatic carbocycles. The maximum Gasteiger partial charge on any atom is 0.255 e. The van der Waals surface area contributed by atoms with E-state index in [4.69, 9.17) is 0 Å². The van der Waals surface area contributed by atoms with Crippen LogP contribution in [0.3, 0.4) is 0 Å². The van der Waals surface area contributed by atoms with E-state index in [2.05, 4.69) is 44.3 Å². The van der Waals surface area contributed by atoms with E-state index in [-0.39, 0.29) is 11.9 Å². The minimum Gasteiger partial charge on any atom is -0.354 e. The van der Waals surface area contributed by atoms with Gasteiger partial charge in [0.15, 0.2) is 0 Å². The predicted octanol–water partition coefficient (Wildman–Crippen LogP) is 0.315. The van der Waals surface area contributed by atoms with Crippen molar-refractivity contribution in [2.75, 3.05) is 38.6 Å². The molecule has 0 aliphatic carbocycles. The SMILES string of the molecule is Cc1nn(C)cc1C(=O)N[C@@H]1CN(c2ccncn2)C[C@H]1CN(C)C. The predicted molar refractivity (Wildman–Crippen MR) is 95.5 cm³/mol. The number of carbonyl (C=O) groups excluding carboxylic acids is 1. The summed E-state index contributed by atoms with van der Waals surface area (Å²) in [5.41, 5.74) is 1.38. The first-order chi connectivity index (χ1) is 11.9. The summed E-state index contributed by atoms with van der Waals surface area (Å²) in [7, 11) is 5.93. The summed E-state index contributed by atoms with van der Waals surface area (Å²) >= 11 is 0. The third kappa shape index (κ3) is 3.96. The molecule has 1 saturated heterocycles. The monoisotopic (exact) mass is 343 g/mol. The van der Waals surface area contributed by atoms with Crippen LogP contribution in [-0.2, 0) is 7.05 Å². The highest BCUT2D eigenvalue weighted by Gasteiger charge is 2.35. The lowest BCUT2D eigenvalue weighted by Gasteiger charge is -2.22. The molecule has 2 aromatic heterocycles. The average molecular weight is 343 g/mol. The summed E-state index contributed by atoms with van der Waals surface area (Å²) < 4.78 is 1.67. The lowest BCUT2D eigenvalue weighted by atomic mass is 10.0. The number of rotatable bonds is 5. The highest BCUT2D eigenvalue weighted by atomic mass is 16.1. The van der Waals surface area contributed by atoms with Crippen molar-refractivity contribution >= 4 is 11.7 Å². The van der Waals surface area contributed by atoms with Crippen molar-refractivity contribution in [2.24, 2.45) is 13.0 Å². The van der Waals surface area contributed by atoms with Crippen molar-refractivity contribution in [1.82, 2.24) is 30.0 Å². The Labute approximate surface area is 147 Å². The fraction of sp³-hybridized carbons (Fsp3) is 0.529. The first kappa shape index (κ1) is 17.3. The number of aromatic nitrogens is 4. The van der Waals surface area contributed by atoms with E-state index in [1.54, 1.807) is 23.4 Å². The normalized spacial score (nSPS) is 20.3. The molecule has 3 rings (SSSR count). The van der Waals surface area contributed by atoms with E-state index >= 15 is 0 Å². The van der Waals surface area contributed by atoms with E-state index in [0.29, 0.717) is 11.5 Å². The highest BCUT2D eigenvalue weighted by Crippen LogP contribution is 2.23. The second-order valence-corrected chi connectivity index (χ2v) is 6.88. The molecule has 0 spiro atoms. The van der Waals surface area contributed by atoms with E-state index in [1.165, 1.54) is 0 Å². The van der Waals surface area contributed by atoms with Gasteiger partial charge in [0.2, 0.25) is 0 Å². The number of anilines is 1. The van der Waals surface area contributed by atoms with Crippen LogP contribution in [0.25, 0.3) is 0 Å². The second-order valence-electron chi connectivity index (χ2n) is 6.88. The van der Waals surface area contributed by atoms with Crippen molar-refractivity contribution in [2.45, 2.75) is 13.0 Å². The van der Waals surface area contributed by atoms with Gasteiger partial charge in [-0.15, -0.1) is 0 Å². The summed E-state index contributed by atoms with van der Waals surface area (Å²) in [5.74, 6) is 1.16. The first-order valence-corrected chi connectivity index (χ1v) is 8.41. The smallest absolute Gasteiger partial charge is 0.255 e. The van der Waals surface area contributed by atoms with E-state index in [1.807, 2.05) is 20.0 Å². The Bertz CT molecular complexity index is 728. The van der Waals surface area contributed by atoms with Gasteiger partial charge in [-0.25, -0.2) is 9.97 Å². The van der Waals surface area contributed by atoms with E-state index < -0.39 is 0 Å². The number of nitrogens with one attached hydrogen (secondary N) is 1. The largest absolute Gasteiger partial charge is 0.354 e. The number of amides is 1. The third-order valence-corrected chi connectivity index (χ3v) is 4.51. The van der Waals surface area contributed by atoms with Crippen molar-refractivity contribution in [3.63, 3.8) is 0 Å². The Morgan fingerprint density at radius 2 is 2.20 bits per heavy atom. The van der Waals surface area contributed by atoms with Gasteiger partial charge in [-0.2, -0.15) is 5.10 Å². The molecule has 2 atom stereocenters. The Kier molecular flexibility index (Phi) is 4.98. The zero-order valence-electron chi connectivity index (χ0n) is 15.2. The van der Waals surface area contributed by atoms with Gasteiger partial charge in [0.25, 0.3) is 5.91 Å². The van der Waals surface area contributed by atoms with Crippen LogP contribution >= 0.6 is 0 Å². The molecule has 0 radical (unpaired) electrons. The summed E-state index contributed by atoms with van der Waals surface area (Å²) in [5, 5.41) is 7.46. The number of hydrogen-bond acceptors (Lipinski definition) is 6. The van der Waals surface area contributed by atoms with Crippen LogP contribution in [-0.4, -0.2) is 70.3 Å². The van der Waals surface area contributed by atoms with Crippen molar-refractivity contribution in [1.29, 1.82) is 0 Å². The molecule has 0 saturated carbocycles. The van der Waals surface area contributed by atoms with E-state index in [0.717, 1.165) is 31.1 Å². The maximum absolute atomic E-state index is 12.7. The van der Waals surface area contributed by atoms with Gasteiger partial charge in [-0.3, -0.25) is 9.48 Å². The molecule has 1 fully saturated rings. The molecular formula is C17H25N7O. The molecule has 0 bridgehead atoms. The molecule has 8 nitrogen and oxygen atoms in total. The minimum atomic E-state index is -0.0658. The fourth-order valence-corrected chi connectivity index (χ4v) is 3.42. The zero-order chi connectivity index (χ0) is 18.0. The quantitative estimate of drug-likeness (QED) is 0.842. The standard InChI is InChI=1S/C17H25N7O/c1-12-14(9-23(4)21-12)17(25)20-15-10-24(8-13(15)7-22(2)3)16-5-6-18-11-19-16/h5-6,9,11,13,15H,7-8,10H2,1-4H3,(H,20,25)/t13-,15-/m1/s1. The van der Waals surface area contributed by atoms with Gasteiger partial charge in [0.1, 0.15) is 12.1 Å². The van der Waals surface area contributed by atoms with Crippen LogP contribution in [0.5, 0.6) is 0 Å². The van der Waals surface area contributed by atoms with Crippen LogP contribution in [0.15, 0.2) is 24.8 Å². The number of aryl methyl sites for hydroxylation is 2. The first-order valence-electron chi connectivity index (χ1n) is 8.41. The Balaban J connectivity index is 1.75. The summed E-state index contributed by atoms with van der Waals surface area (Å²) in [6.45, 7) is 4.35. The van der Waals surface area contributed by atoms with Gasteiger partial charge in [-0.1, -0.05) is 0 Å². The Morgan fingerprint density at radius 1 is 1.40 bits per heavy atom. The molecular weight excluding hydrogens is 318 g/mol. The fourth-order valence-electron chi connectivity index (χ4n) is 3.42. The van der Waals surface area contributed by atoms with Crippen LogP contribution in [0.2, 0.25) is 0 Å². The van der Waals surface area contributed by atoms with Gasteiger partial charge < -0.3 is 15.1 Å². The van der Waals surface area contributed by atoms with E-state index in [9.17, 15) is 4.79 Å². The molecule has 1 amide bonds. The molecule has 0 unspecified atom stereocenters. The molecule has 2 aromatic rings. The number of nitrogens with zero attached hydrogens (tertiary/aromatic N) is 6. The summed E-state index contributed by atoms with van der Waals surface area (Å²) in [6, 6.07) is 1.96. The Morgan fingerprint density at radius 3 is 2.80 bits per heavy atom. The minimum absolute atomic E-state index is 0.0597. The van der Waals surface area contributed by atoms with Crippen molar-refractivity contribution in [3.05, 3.63) is 36.0 Å². The van der Waals surface area contributed by atoms with Crippen LogP contribution in [0, 0.1) is 12.8 Å². The molecule has 3 heterocycles. The second kappa shape index (κ2) is 7.18. The molecule has 25 heavy (non-hydrogen) atoms. The molecule has 1 N–H and O–H groups in total. The third-order valence-electron chi connectivity index (χ3n) is 4.51. The molecule has 1 aliphatic rings. The topological polar surface area (TPSA) is 79.2 Å². The Hall–Kier alpha value is -2.48. The maximum atomic E-state index is 12.7. The molecule has 8 heteroatoms. The lowest BCUT2D eigenvalue weighted by molar-refractivity contribution is 0.0927. The van der Waals surface area contributed by atoms with Crippen molar-refractivity contribution < 1.29 is 4.79 Å². The van der Waals surface area contributed by atoms with Crippen LogP contribution < -0.4 is 10.2 Å². The van der Waals surface area contributed by atoms with Crippen molar-refractivity contribution in [3.8, 4) is 0 Å².